The maximum Gasteiger partial charge on any atom is 0.161 e. The summed E-state index contributed by atoms with van der Waals surface area (Å²) in [7, 11) is 0. The first-order valence-electron chi connectivity index (χ1n) is 4.44. The van der Waals surface area contributed by atoms with E-state index in [2.05, 4.69) is 6.58 Å². The van der Waals surface area contributed by atoms with Crippen LogP contribution in [-0.2, 0) is 4.79 Å². The number of allylic oxidation sites excluding steroid dienone is 1. The monoisotopic (exact) mass is 150 g/mol. The average Bonchev–Trinajstić information content (AvgIpc) is 2.62. The van der Waals surface area contributed by atoms with Crippen molar-refractivity contribution in [3.8, 4) is 0 Å². The second kappa shape index (κ2) is 2.20. The normalized spacial score (nSPS) is 40.9. The molecule has 60 valence electrons. The van der Waals surface area contributed by atoms with Gasteiger partial charge >= 0.3 is 0 Å². The topological polar surface area (TPSA) is 17.1 Å². The highest BCUT2D eigenvalue weighted by molar-refractivity contribution is 5.94. The molecular formula is C10H14O. The van der Waals surface area contributed by atoms with Gasteiger partial charge in [-0.15, -0.1) is 0 Å². The van der Waals surface area contributed by atoms with Gasteiger partial charge < -0.3 is 0 Å². The Labute approximate surface area is 67.5 Å². The van der Waals surface area contributed by atoms with Crippen molar-refractivity contribution in [3.63, 3.8) is 0 Å². The molecule has 1 nitrogen and oxygen atoms in total. The lowest BCUT2D eigenvalue weighted by Gasteiger charge is -2.22. The standard InChI is InChI=1S/C10H14O/c1-2-9(11)10-5-3-8(7-10)4-6-10/h2,8H,1,3-7H2. The first-order valence-corrected chi connectivity index (χ1v) is 4.44. The third-order valence-electron chi connectivity index (χ3n) is 3.45. The minimum atomic E-state index is 0.0619. The summed E-state index contributed by atoms with van der Waals surface area (Å²) in [6, 6.07) is 0. The Bertz CT molecular complexity index is 197. The zero-order valence-electron chi connectivity index (χ0n) is 6.81. The Morgan fingerprint density at radius 2 is 2.09 bits per heavy atom. The third kappa shape index (κ3) is 0.867. The minimum absolute atomic E-state index is 0.0619. The molecule has 0 N–H and O–H groups in total. The molecule has 0 radical (unpaired) electrons. The number of fused-ring (bicyclic) bond motifs is 2. The van der Waals surface area contributed by atoms with E-state index in [1.54, 1.807) is 0 Å². The molecule has 2 rings (SSSR count). The van der Waals surface area contributed by atoms with Gasteiger partial charge in [-0.3, -0.25) is 4.79 Å². The van der Waals surface area contributed by atoms with Gasteiger partial charge in [-0.1, -0.05) is 6.58 Å². The van der Waals surface area contributed by atoms with Crippen LogP contribution in [0.4, 0.5) is 0 Å². The van der Waals surface area contributed by atoms with Gasteiger partial charge in [0.15, 0.2) is 5.78 Å². The van der Waals surface area contributed by atoms with Crippen molar-refractivity contribution in [1.82, 2.24) is 0 Å². The molecule has 0 amide bonds. The molecule has 2 aliphatic carbocycles. The smallest absolute Gasteiger partial charge is 0.161 e. The van der Waals surface area contributed by atoms with Gasteiger partial charge in [-0.25, -0.2) is 0 Å². The van der Waals surface area contributed by atoms with Gasteiger partial charge in [-0.2, -0.15) is 0 Å². The van der Waals surface area contributed by atoms with Crippen molar-refractivity contribution in [2.24, 2.45) is 11.3 Å². The first kappa shape index (κ1) is 7.08. The summed E-state index contributed by atoms with van der Waals surface area (Å²) < 4.78 is 0. The first-order chi connectivity index (χ1) is 5.27. The maximum atomic E-state index is 11.5. The predicted octanol–water partition coefficient (Wildman–Crippen LogP) is 2.32. The Balaban J connectivity index is 2.22. The Morgan fingerprint density at radius 3 is 2.45 bits per heavy atom. The highest BCUT2D eigenvalue weighted by atomic mass is 16.1. The Morgan fingerprint density at radius 1 is 1.45 bits per heavy atom. The van der Waals surface area contributed by atoms with Crippen LogP contribution in [0.15, 0.2) is 12.7 Å². The molecule has 2 saturated carbocycles. The summed E-state index contributed by atoms with van der Waals surface area (Å²) in [4.78, 5) is 11.5. The fourth-order valence-corrected chi connectivity index (χ4v) is 2.75. The zero-order valence-corrected chi connectivity index (χ0v) is 6.81. The zero-order chi connectivity index (χ0) is 7.90. The molecule has 0 heterocycles. The number of hydrogen-bond donors (Lipinski definition) is 0. The number of ketones is 1. The fraction of sp³-hybridized carbons (Fsp3) is 0.700. The molecule has 2 aliphatic rings. The van der Waals surface area contributed by atoms with Crippen LogP contribution in [0.2, 0.25) is 0 Å². The molecular weight excluding hydrogens is 136 g/mol. The van der Waals surface area contributed by atoms with E-state index in [9.17, 15) is 4.79 Å². The van der Waals surface area contributed by atoms with Crippen molar-refractivity contribution in [2.75, 3.05) is 0 Å². The molecule has 0 spiro atoms. The lowest BCUT2D eigenvalue weighted by atomic mass is 9.80. The van der Waals surface area contributed by atoms with Crippen LogP contribution < -0.4 is 0 Å². The summed E-state index contributed by atoms with van der Waals surface area (Å²) in [5, 5.41) is 0. The van der Waals surface area contributed by atoms with Crippen LogP contribution in [0.5, 0.6) is 0 Å². The van der Waals surface area contributed by atoms with Crippen molar-refractivity contribution in [1.29, 1.82) is 0 Å². The number of carbonyl (C=O) groups is 1. The van der Waals surface area contributed by atoms with E-state index in [1.165, 1.54) is 18.9 Å². The molecule has 0 aromatic carbocycles. The van der Waals surface area contributed by atoms with Gasteiger partial charge in [-0.05, 0) is 44.1 Å². The molecule has 1 heteroatoms. The van der Waals surface area contributed by atoms with E-state index < -0.39 is 0 Å². The molecule has 0 aromatic heterocycles. The average molecular weight is 150 g/mol. The van der Waals surface area contributed by atoms with Crippen LogP contribution in [0.1, 0.15) is 32.1 Å². The highest BCUT2D eigenvalue weighted by Gasteiger charge is 2.48. The van der Waals surface area contributed by atoms with Crippen LogP contribution in [0.25, 0.3) is 0 Å². The summed E-state index contributed by atoms with van der Waals surface area (Å²) in [5.41, 5.74) is 0.0619. The van der Waals surface area contributed by atoms with Crippen LogP contribution in [0, 0.1) is 11.3 Å². The molecule has 2 bridgehead atoms. The number of rotatable bonds is 2. The van der Waals surface area contributed by atoms with E-state index in [0.717, 1.165) is 25.2 Å². The van der Waals surface area contributed by atoms with Gasteiger partial charge in [0.1, 0.15) is 0 Å². The summed E-state index contributed by atoms with van der Waals surface area (Å²) in [5.74, 6) is 1.16. The number of carbonyl (C=O) groups excluding carboxylic acids is 1. The maximum absolute atomic E-state index is 11.5. The molecule has 0 aliphatic heterocycles. The van der Waals surface area contributed by atoms with Gasteiger partial charge in [0.05, 0.1) is 0 Å². The van der Waals surface area contributed by atoms with E-state index in [4.69, 9.17) is 0 Å². The van der Waals surface area contributed by atoms with E-state index >= 15 is 0 Å². The van der Waals surface area contributed by atoms with E-state index in [1.807, 2.05) is 0 Å². The van der Waals surface area contributed by atoms with Crippen molar-refractivity contribution < 1.29 is 4.79 Å². The van der Waals surface area contributed by atoms with Crippen LogP contribution in [-0.4, -0.2) is 5.78 Å². The molecule has 11 heavy (non-hydrogen) atoms. The lowest BCUT2D eigenvalue weighted by molar-refractivity contribution is -0.123. The minimum Gasteiger partial charge on any atom is -0.294 e. The van der Waals surface area contributed by atoms with Crippen LogP contribution >= 0.6 is 0 Å². The lowest BCUT2D eigenvalue weighted by Crippen LogP contribution is -2.23. The predicted molar refractivity (Wildman–Crippen MR) is 44.2 cm³/mol. The third-order valence-corrected chi connectivity index (χ3v) is 3.45. The van der Waals surface area contributed by atoms with Gasteiger partial charge in [0.2, 0.25) is 0 Å². The molecule has 0 saturated heterocycles. The quantitative estimate of drug-likeness (QED) is 0.552. The highest BCUT2D eigenvalue weighted by Crippen LogP contribution is 2.54. The molecule has 2 fully saturated rings. The van der Waals surface area contributed by atoms with Crippen molar-refractivity contribution in [2.45, 2.75) is 32.1 Å². The fourth-order valence-electron chi connectivity index (χ4n) is 2.75. The molecule has 0 atom stereocenters. The summed E-state index contributed by atoms with van der Waals surface area (Å²) >= 11 is 0. The molecule has 0 aromatic rings. The van der Waals surface area contributed by atoms with E-state index in [0.29, 0.717) is 5.78 Å². The van der Waals surface area contributed by atoms with Crippen LogP contribution in [0.3, 0.4) is 0 Å². The molecule has 0 unspecified atom stereocenters. The number of hydrogen-bond acceptors (Lipinski definition) is 1. The van der Waals surface area contributed by atoms with Crippen molar-refractivity contribution in [3.05, 3.63) is 12.7 Å². The second-order valence-corrected chi connectivity index (χ2v) is 4.00. The van der Waals surface area contributed by atoms with Gasteiger partial charge in [0, 0.05) is 5.41 Å². The van der Waals surface area contributed by atoms with Gasteiger partial charge in [0.25, 0.3) is 0 Å². The second-order valence-electron chi connectivity index (χ2n) is 4.00. The van der Waals surface area contributed by atoms with Crippen molar-refractivity contribution >= 4 is 5.78 Å². The summed E-state index contributed by atoms with van der Waals surface area (Å²) in [6.07, 6.45) is 7.48. The largest absolute Gasteiger partial charge is 0.294 e. The SMILES string of the molecule is C=CC(=O)C12CCC(CC1)C2. The Hall–Kier alpha value is -0.590. The summed E-state index contributed by atoms with van der Waals surface area (Å²) in [6.45, 7) is 3.57. The van der Waals surface area contributed by atoms with E-state index in [-0.39, 0.29) is 5.41 Å². The Kier molecular flexibility index (Phi) is 1.41.